The minimum absolute atomic E-state index is 0.0362. The predicted octanol–water partition coefficient (Wildman–Crippen LogP) is 0.990. The number of carbonyl (C=O) groups is 11. The number of carbonyl (C=O) groups excluding carboxylic acids is 10. The number of nitrogens with two attached hydrogens (primary N) is 3. The third-order valence-electron chi connectivity index (χ3n) is 14.9. The Kier molecular flexibility index (Phi) is 32.9. The van der Waals surface area contributed by atoms with Crippen LogP contribution in [-0.2, 0) is 59.2 Å². The fourth-order valence-electron chi connectivity index (χ4n) is 10.1. The van der Waals surface area contributed by atoms with E-state index in [1.165, 1.54) is 11.9 Å². The molecule has 1 fully saturated rings. The summed E-state index contributed by atoms with van der Waals surface area (Å²) in [5, 5.41) is 39.5. The lowest BCUT2D eigenvalue weighted by Crippen LogP contribution is -2.61. The van der Waals surface area contributed by atoms with Crippen molar-refractivity contribution in [3.05, 3.63) is 35.9 Å². The van der Waals surface area contributed by atoms with Crippen molar-refractivity contribution in [1.82, 2.24) is 47.0 Å². The monoisotopic (exact) mass is 1210 g/mol. The Hall–Kier alpha value is -7.38. The maximum Gasteiger partial charge on any atom is 0.305 e. The topological polar surface area (TPSA) is 409 Å². The Labute approximate surface area is 507 Å². The smallest absolute Gasteiger partial charge is 0.305 e. The van der Waals surface area contributed by atoms with E-state index in [9.17, 15) is 63.0 Å². The lowest BCUT2D eigenvalue weighted by Gasteiger charge is -2.33. The minimum Gasteiger partial charge on any atom is -0.481 e. The molecule has 26 heteroatoms. The zero-order valence-electron chi connectivity index (χ0n) is 52.4. The van der Waals surface area contributed by atoms with Crippen molar-refractivity contribution >= 4 is 71.0 Å². The van der Waals surface area contributed by atoms with Gasteiger partial charge in [-0.3, -0.25) is 57.7 Å². The van der Waals surface area contributed by atoms with E-state index in [0.717, 1.165) is 36.1 Å². The van der Waals surface area contributed by atoms with E-state index in [4.69, 9.17) is 17.2 Å². The molecule has 26 nitrogen and oxygen atoms in total. The highest BCUT2D eigenvalue weighted by Crippen LogP contribution is 2.23. The van der Waals surface area contributed by atoms with E-state index < -0.39 is 132 Å². The number of unbranched alkanes of at least 4 members (excludes halogenated alkanes) is 4. The molecule has 0 radical (unpaired) electrons. The summed E-state index contributed by atoms with van der Waals surface area (Å²) < 4.78 is 0. The summed E-state index contributed by atoms with van der Waals surface area (Å²) >= 11 is 0. The van der Waals surface area contributed by atoms with Gasteiger partial charge in [-0.25, -0.2) is 0 Å². The van der Waals surface area contributed by atoms with Gasteiger partial charge in [0.2, 0.25) is 59.1 Å². The van der Waals surface area contributed by atoms with Gasteiger partial charge in [0.1, 0.15) is 54.4 Å². The van der Waals surface area contributed by atoms with Crippen LogP contribution in [-0.4, -0.2) is 172 Å². The molecule has 1 heterocycles. The van der Waals surface area contributed by atoms with Crippen LogP contribution in [0, 0.1) is 23.7 Å². The van der Waals surface area contributed by atoms with Gasteiger partial charge in [0.05, 0.1) is 12.5 Å². The molecule has 86 heavy (non-hydrogen) atoms. The molecular weight excluding hydrogens is 1110 g/mol. The van der Waals surface area contributed by atoms with Crippen molar-refractivity contribution in [3.63, 3.8) is 0 Å². The van der Waals surface area contributed by atoms with Gasteiger partial charge in [-0.05, 0) is 74.7 Å². The normalized spacial score (nSPS) is 17.1. The molecule has 0 unspecified atom stereocenters. The molecule has 1 aliphatic heterocycles. The minimum atomic E-state index is -1.81. The Morgan fingerprint density at radius 2 is 1.17 bits per heavy atom. The SMILES string of the molecule is CCCCCCCC(=O)N[C@H](C)C(=O)N(C)[C@@H](Cc1ccccc1)C(=O)N[C@H](CC(C)C)C(=O)N[C@@H](CC(C)C)C(=O)N1C[C@H](O)C[C@H]1C(=O)N[C@@H](CC(C)C)C(=O)N[C@@H](CC(=O)O)C(=O)N[C@@H](CCCN=C(N)N)C(=O)N[C@H](C(N)=O)[C@@H](C)CC. The number of nitrogens with zero attached hydrogens (tertiary/aromatic N) is 3. The molecule has 0 spiro atoms. The van der Waals surface area contributed by atoms with Crippen molar-refractivity contribution < 1.29 is 63.0 Å². The molecule has 1 aliphatic rings. The number of carboxylic acids is 1. The maximum atomic E-state index is 14.8. The molecule has 1 aromatic rings. The highest BCUT2D eigenvalue weighted by Gasteiger charge is 2.44. The van der Waals surface area contributed by atoms with Gasteiger partial charge in [0.15, 0.2) is 5.96 Å². The van der Waals surface area contributed by atoms with E-state index in [1.54, 1.807) is 58.9 Å². The number of aliphatic imine (C=N–C) groups is 1. The number of carboxylic acid groups (broad SMARTS) is 1. The van der Waals surface area contributed by atoms with E-state index in [-0.39, 0.29) is 94.1 Å². The Morgan fingerprint density at radius 1 is 0.651 bits per heavy atom. The number of likely N-dealkylation sites (tertiary alicyclic amines) is 1. The van der Waals surface area contributed by atoms with E-state index in [0.29, 0.717) is 12.8 Å². The molecule has 0 aromatic heterocycles. The fourth-order valence-corrected chi connectivity index (χ4v) is 10.1. The van der Waals surface area contributed by atoms with Gasteiger partial charge in [0.25, 0.3) is 0 Å². The molecule has 10 amide bonds. The van der Waals surface area contributed by atoms with Crippen LogP contribution in [0.15, 0.2) is 35.3 Å². The summed E-state index contributed by atoms with van der Waals surface area (Å²) in [6.07, 6.45) is 3.12. The van der Waals surface area contributed by atoms with Crippen LogP contribution in [0.3, 0.4) is 0 Å². The lowest BCUT2D eigenvalue weighted by molar-refractivity contribution is -0.144. The summed E-state index contributed by atoms with van der Waals surface area (Å²) in [4.78, 5) is 158. The zero-order chi connectivity index (χ0) is 65.0. The molecule has 11 atom stereocenters. The number of hydrogen-bond acceptors (Lipinski definition) is 13. The molecule has 2 rings (SSSR count). The van der Waals surface area contributed by atoms with Gasteiger partial charge in [-0.1, -0.05) is 125 Å². The average molecular weight is 1210 g/mol. The Balaban J connectivity index is 2.45. The van der Waals surface area contributed by atoms with Crippen LogP contribution in [0.1, 0.15) is 165 Å². The largest absolute Gasteiger partial charge is 0.481 e. The molecule has 0 bridgehead atoms. The second kappa shape index (κ2) is 37.9. The van der Waals surface area contributed by atoms with Crippen LogP contribution in [0.4, 0.5) is 0 Å². The predicted molar refractivity (Wildman–Crippen MR) is 325 cm³/mol. The van der Waals surface area contributed by atoms with Crippen LogP contribution >= 0.6 is 0 Å². The summed E-state index contributed by atoms with van der Waals surface area (Å²) in [6, 6.07) is -2.83. The number of benzene rings is 1. The van der Waals surface area contributed by atoms with Crippen LogP contribution < -0.4 is 54.4 Å². The van der Waals surface area contributed by atoms with Crippen molar-refractivity contribution in [1.29, 1.82) is 0 Å². The quantitative estimate of drug-likeness (QED) is 0.0249. The van der Waals surface area contributed by atoms with E-state index >= 15 is 0 Å². The number of likely N-dealkylation sites (N-methyl/N-ethyl adjacent to an activating group) is 1. The molecule has 1 saturated heterocycles. The van der Waals surface area contributed by atoms with Crippen LogP contribution in [0.2, 0.25) is 0 Å². The summed E-state index contributed by atoms with van der Waals surface area (Å²) in [6.45, 7) is 17.6. The van der Waals surface area contributed by atoms with Crippen molar-refractivity contribution in [2.75, 3.05) is 20.1 Å². The first-order valence-corrected chi connectivity index (χ1v) is 30.4. The zero-order valence-corrected chi connectivity index (χ0v) is 52.4. The molecule has 0 aliphatic carbocycles. The Bertz CT molecular complexity index is 2440. The first kappa shape index (κ1) is 74.7. The second-order valence-corrected chi connectivity index (χ2v) is 24.0. The number of guanidine groups is 1. The molecule has 1 aromatic carbocycles. The summed E-state index contributed by atoms with van der Waals surface area (Å²) in [5.41, 5.74) is 17.2. The molecular formula is C60H101N13O13. The number of nitrogens with one attached hydrogen (secondary N) is 7. The van der Waals surface area contributed by atoms with Gasteiger partial charge in [-0.15, -0.1) is 0 Å². The van der Waals surface area contributed by atoms with Gasteiger partial charge < -0.3 is 74.4 Å². The molecule has 484 valence electrons. The second-order valence-electron chi connectivity index (χ2n) is 24.0. The Morgan fingerprint density at radius 3 is 1.72 bits per heavy atom. The van der Waals surface area contributed by atoms with Gasteiger partial charge in [0, 0.05) is 39.4 Å². The van der Waals surface area contributed by atoms with Gasteiger partial charge in [-0.2, -0.15) is 0 Å². The summed E-state index contributed by atoms with van der Waals surface area (Å²) in [7, 11) is 1.46. The van der Waals surface area contributed by atoms with Crippen LogP contribution in [0.5, 0.6) is 0 Å². The maximum absolute atomic E-state index is 14.8. The number of aliphatic hydroxyl groups is 1. The van der Waals surface area contributed by atoms with Gasteiger partial charge >= 0.3 is 5.97 Å². The number of amides is 10. The number of β-amino-alcohol motifs (C(OH)–C–C–N with tert-alkyl or cyclic N) is 1. The van der Waals surface area contributed by atoms with E-state index in [2.05, 4.69) is 49.1 Å². The van der Waals surface area contributed by atoms with Crippen molar-refractivity contribution in [2.45, 2.75) is 226 Å². The highest BCUT2D eigenvalue weighted by molar-refractivity contribution is 5.99. The van der Waals surface area contributed by atoms with Crippen LogP contribution in [0.25, 0.3) is 0 Å². The van der Waals surface area contributed by atoms with E-state index in [1.807, 2.05) is 33.8 Å². The highest BCUT2D eigenvalue weighted by atomic mass is 16.4. The number of rotatable bonds is 39. The van der Waals surface area contributed by atoms with Crippen molar-refractivity contribution in [2.24, 2.45) is 45.9 Å². The fraction of sp³-hybridized carbons (Fsp3) is 0.700. The number of hydrogen-bond donors (Lipinski definition) is 12. The average Bonchev–Trinajstić information content (AvgIpc) is 2.08. The van der Waals surface area contributed by atoms with Crippen molar-refractivity contribution in [3.8, 4) is 0 Å². The first-order valence-electron chi connectivity index (χ1n) is 30.4. The third-order valence-corrected chi connectivity index (χ3v) is 14.9. The molecule has 0 saturated carbocycles. The number of primary amides is 1. The lowest BCUT2D eigenvalue weighted by atomic mass is 9.97. The molecule has 15 N–H and O–H groups in total. The number of aliphatic carboxylic acids is 1. The number of aliphatic hydroxyl groups excluding tert-OH is 1. The standard InChI is InChI=1S/C60H101N13O13/c1-12-14-15-16-20-25-48(75)65-38(10)58(85)72(11)46(30-39-22-18-17-19-23-39)56(83)68-43(28-35(5)6)54(81)70-45(29-36(7)8)59(86)73-33-40(74)31-47(73)57(84)69-42(27-34(3)4)53(80)67-44(32-49(76)77)55(82)66-41(24-21-26-64-60(62)63)52(79)71-50(51(61)78)37(9)13-2/h17-19,22-23,34-38,40-47,50,74H,12-16,20-21,24-33H2,1-11H3,(H2,61,78)(H,65,75)(H,66,82)(H,67,80)(H,68,83)(H,69,84)(H,70,81)(H,71,79)(H,76,77)(H4,62,63,64)/t37-,38+,40+,41-,42-,43+,44-,45-,46-,47-,50-/m0/s1. The third kappa shape index (κ3) is 26.5. The first-order chi connectivity index (χ1) is 40.4. The summed E-state index contributed by atoms with van der Waals surface area (Å²) in [5.74, 6) is -10.4.